The molecule has 3 atom stereocenters. The number of fused-ring (bicyclic) bond motifs is 1. The van der Waals surface area contributed by atoms with E-state index in [1.165, 1.54) is 19.3 Å². The maximum Gasteiger partial charge on any atom is 0.0920 e. The molecule has 0 radical (unpaired) electrons. The fraction of sp³-hybridized carbons (Fsp3) is 0.778. The molecule has 1 saturated carbocycles. The molecule has 0 bridgehead atoms. The van der Waals surface area contributed by atoms with E-state index in [2.05, 4.69) is 19.6 Å². The second-order valence-electron chi connectivity index (χ2n) is 3.69. The van der Waals surface area contributed by atoms with Crippen molar-refractivity contribution in [1.29, 1.82) is 0 Å². The summed E-state index contributed by atoms with van der Waals surface area (Å²) in [6.07, 6.45) is 6.34. The maximum absolute atomic E-state index is 5.55. The van der Waals surface area contributed by atoms with Crippen LogP contribution in [-0.4, -0.2) is 11.7 Å². The van der Waals surface area contributed by atoms with Gasteiger partial charge < -0.3 is 4.74 Å². The van der Waals surface area contributed by atoms with Crippen molar-refractivity contribution in [2.45, 2.75) is 37.9 Å². The Labute approximate surface area is 62.1 Å². The van der Waals surface area contributed by atoms with Crippen LogP contribution < -0.4 is 0 Å². The SMILES string of the molecule is C=C[C@H]1CCC2(C)OC2C1. The fourth-order valence-corrected chi connectivity index (χ4v) is 1.89. The van der Waals surface area contributed by atoms with Crippen LogP contribution in [0.5, 0.6) is 0 Å². The molecular weight excluding hydrogens is 124 g/mol. The van der Waals surface area contributed by atoms with Gasteiger partial charge in [-0.25, -0.2) is 0 Å². The molecule has 0 spiro atoms. The van der Waals surface area contributed by atoms with Gasteiger partial charge in [0.1, 0.15) is 0 Å². The lowest BCUT2D eigenvalue weighted by Gasteiger charge is -2.18. The van der Waals surface area contributed by atoms with Crippen molar-refractivity contribution in [3.8, 4) is 0 Å². The minimum absolute atomic E-state index is 0.277. The van der Waals surface area contributed by atoms with Gasteiger partial charge in [-0.05, 0) is 32.1 Å². The summed E-state index contributed by atoms with van der Waals surface area (Å²) in [5.41, 5.74) is 0.277. The number of allylic oxidation sites excluding steroid dienone is 1. The number of ether oxygens (including phenoxy) is 1. The third-order valence-corrected chi connectivity index (χ3v) is 2.90. The van der Waals surface area contributed by atoms with Crippen LogP contribution in [-0.2, 0) is 4.74 Å². The van der Waals surface area contributed by atoms with Crippen molar-refractivity contribution < 1.29 is 4.74 Å². The van der Waals surface area contributed by atoms with Gasteiger partial charge in [0, 0.05) is 0 Å². The molecule has 1 aliphatic carbocycles. The Balaban J connectivity index is 1.98. The standard InChI is InChI=1S/C9H14O/c1-3-7-4-5-9(2)8(6-7)10-9/h3,7-8H,1,4-6H2,2H3/t7-,8?,9?/m0/s1. The molecule has 0 amide bonds. The smallest absolute Gasteiger partial charge is 0.0920 e. The summed E-state index contributed by atoms with van der Waals surface area (Å²) < 4.78 is 5.55. The van der Waals surface area contributed by atoms with Gasteiger partial charge in [0.25, 0.3) is 0 Å². The topological polar surface area (TPSA) is 12.5 Å². The van der Waals surface area contributed by atoms with E-state index in [1.54, 1.807) is 0 Å². The summed E-state index contributed by atoms with van der Waals surface area (Å²) in [4.78, 5) is 0. The van der Waals surface area contributed by atoms with E-state index in [4.69, 9.17) is 4.74 Å². The molecule has 10 heavy (non-hydrogen) atoms. The third kappa shape index (κ3) is 0.807. The highest BCUT2D eigenvalue weighted by molar-refractivity contribution is 5.05. The quantitative estimate of drug-likeness (QED) is 0.399. The van der Waals surface area contributed by atoms with E-state index < -0.39 is 0 Å². The summed E-state index contributed by atoms with van der Waals surface area (Å²) in [6.45, 7) is 6.02. The van der Waals surface area contributed by atoms with E-state index in [-0.39, 0.29) is 5.60 Å². The van der Waals surface area contributed by atoms with Crippen molar-refractivity contribution in [1.82, 2.24) is 0 Å². The average Bonchev–Trinajstić information content (AvgIpc) is 2.59. The summed E-state index contributed by atoms with van der Waals surface area (Å²) in [5, 5.41) is 0. The summed E-state index contributed by atoms with van der Waals surface area (Å²) in [6, 6.07) is 0. The lowest BCUT2D eigenvalue weighted by molar-refractivity contribution is 0.303. The molecule has 2 aliphatic rings. The van der Waals surface area contributed by atoms with Gasteiger partial charge in [-0.3, -0.25) is 0 Å². The minimum atomic E-state index is 0.277. The van der Waals surface area contributed by atoms with Crippen LogP contribution in [0.1, 0.15) is 26.2 Å². The largest absolute Gasteiger partial charge is 0.366 e. The zero-order valence-electron chi connectivity index (χ0n) is 6.47. The minimum Gasteiger partial charge on any atom is -0.366 e. The zero-order valence-corrected chi connectivity index (χ0v) is 6.47. The Morgan fingerprint density at radius 2 is 2.50 bits per heavy atom. The number of hydrogen-bond donors (Lipinski definition) is 0. The molecule has 1 saturated heterocycles. The van der Waals surface area contributed by atoms with Crippen molar-refractivity contribution in [3.63, 3.8) is 0 Å². The number of epoxide rings is 1. The normalized spacial score (nSPS) is 51.7. The molecule has 56 valence electrons. The lowest BCUT2D eigenvalue weighted by atomic mass is 9.83. The van der Waals surface area contributed by atoms with Crippen LogP contribution in [0.15, 0.2) is 12.7 Å². The van der Waals surface area contributed by atoms with Crippen molar-refractivity contribution >= 4 is 0 Å². The predicted molar refractivity (Wildman–Crippen MR) is 40.8 cm³/mol. The van der Waals surface area contributed by atoms with Gasteiger partial charge in [-0.2, -0.15) is 0 Å². The first-order valence-corrected chi connectivity index (χ1v) is 4.05. The highest BCUT2D eigenvalue weighted by Crippen LogP contribution is 2.49. The van der Waals surface area contributed by atoms with E-state index in [1.807, 2.05) is 0 Å². The first-order chi connectivity index (χ1) is 4.74. The van der Waals surface area contributed by atoms with Crippen molar-refractivity contribution in [3.05, 3.63) is 12.7 Å². The van der Waals surface area contributed by atoms with E-state index in [9.17, 15) is 0 Å². The molecule has 1 heteroatoms. The average molecular weight is 138 g/mol. The molecule has 1 aliphatic heterocycles. The Morgan fingerprint density at radius 3 is 3.10 bits per heavy atom. The zero-order chi connectivity index (χ0) is 7.19. The highest BCUT2D eigenvalue weighted by Gasteiger charge is 2.54. The Hall–Kier alpha value is -0.300. The van der Waals surface area contributed by atoms with Crippen LogP contribution in [0.25, 0.3) is 0 Å². The molecule has 1 heterocycles. The summed E-state index contributed by atoms with van der Waals surface area (Å²) >= 11 is 0. The number of rotatable bonds is 1. The first-order valence-electron chi connectivity index (χ1n) is 4.05. The van der Waals surface area contributed by atoms with Crippen LogP contribution >= 0.6 is 0 Å². The lowest BCUT2D eigenvalue weighted by Crippen LogP contribution is -2.19. The summed E-state index contributed by atoms with van der Waals surface area (Å²) in [7, 11) is 0. The molecule has 0 aromatic heterocycles. The van der Waals surface area contributed by atoms with Crippen molar-refractivity contribution in [2.75, 3.05) is 0 Å². The van der Waals surface area contributed by atoms with Gasteiger partial charge >= 0.3 is 0 Å². The van der Waals surface area contributed by atoms with Crippen LogP contribution in [0.4, 0.5) is 0 Å². The van der Waals surface area contributed by atoms with Gasteiger partial charge in [-0.1, -0.05) is 6.08 Å². The molecule has 0 aromatic carbocycles. The molecule has 2 rings (SSSR count). The monoisotopic (exact) mass is 138 g/mol. The molecule has 0 aromatic rings. The van der Waals surface area contributed by atoms with Gasteiger partial charge in [0.05, 0.1) is 11.7 Å². The second-order valence-corrected chi connectivity index (χ2v) is 3.69. The maximum atomic E-state index is 5.55. The van der Waals surface area contributed by atoms with E-state index in [0.717, 1.165) is 5.92 Å². The van der Waals surface area contributed by atoms with Gasteiger partial charge in [-0.15, -0.1) is 6.58 Å². The second kappa shape index (κ2) is 1.85. The predicted octanol–water partition coefficient (Wildman–Crippen LogP) is 2.13. The summed E-state index contributed by atoms with van der Waals surface area (Å²) in [5.74, 6) is 0.723. The molecule has 0 N–H and O–H groups in total. The van der Waals surface area contributed by atoms with E-state index >= 15 is 0 Å². The van der Waals surface area contributed by atoms with Crippen LogP contribution in [0.2, 0.25) is 0 Å². The first kappa shape index (κ1) is 6.41. The van der Waals surface area contributed by atoms with Gasteiger partial charge in [0.2, 0.25) is 0 Å². The molecule has 2 unspecified atom stereocenters. The van der Waals surface area contributed by atoms with Crippen LogP contribution in [0, 0.1) is 5.92 Å². The molecule has 2 fully saturated rings. The van der Waals surface area contributed by atoms with Gasteiger partial charge in [0.15, 0.2) is 0 Å². The number of hydrogen-bond acceptors (Lipinski definition) is 1. The van der Waals surface area contributed by atoms with E-state index in [0.29, 0.717) is 6.10 Å². The molecule has 1 nitrogen and oxygen atoms in total. The Kier molecular flexibility index (Phi) is 1.19. The van der Waals surface area contributed by atoms with Crippen LogP contribution in [0.3, 0.4) is 0 Å². The highest BCUT2D eigenvalue weighted by atomic mass is 16.6. The fourth-order valence-electron chi connectivity index (χ4n) is 1.89. The Morgan fingerprint density at radius 1 is 1.70 bits per heavy atom. The van der Waals surface area contributed by atoms with Crippen molar-refractivity contribution in [2.24, 2.45) is 5.92 Å². The third-order valence-electron chi connectivity index (χ3n) is 2.90. The molecular formula is C9H14O. The Bertz CT molecular complexity index is 164.